The van der Waals surface area contributed by atoms with Crippen LogP contribution in [0.25, 0.3) is 0 Å². The number of methoxy groups -OCH3 is 1. The Labute approximate surface area is 109 Å². The van der Waals surface area contributed by atoms with Gasteiger partial charge in [-0.05, 0) is 38.0 Å². The van der Waals surface area contributed by atoms with Gasteiger partial charge in [-0.2, -0.15) is 0 Å². The van der Waals surface area contributed by atoms with Gasteiger partial charge >= 0.3 is 0 Å². The van der Waals surface area contributed by atoms with E-state index in [4.69, 9.17) is 4.74 Å². The highest BCUT2D eigenvalue weighted by Gasteiger charge is 2.18. The summed E-state index contributed by atoms with van der Waals surface area (Å²) in [7, 11) is 1.65. The highest BCUT2D eigenvalue weighted by atomic mass is 16.5. The second-order valence-electron chi connectivity index (χ2n) is 4.82. The minimum absolute atomic E-state index is 0.685. The maximum atomic E-state index is 5.07. The van der Waals surface area contributed by atoms with E-state index >= 15 is 0 Å². The van der Waals surface area contributed by atoms with Crippen molar-refractivity contribution in [1.29, 1.82) is 0 Å². The Morgan fingerprint density at radius 3 is 2.72 bits per heavy atom. The summed E-state index contributed by atoms with van der Waals surface area (Å²) < 4.78 is 5.07. The van der Waals surface area contributed by atoms with E-state index in [1.165, 1.54) is 31.5 Å². The third kappa shape index (κ3) is 3.68. The summed E-state index contributed by atoms with van der Waals surface area (Å²) in [6, 6.07) is 4.74. The molecule has 1 N–H and O–H groups in total. The number of nitrogens with zero attached hydrogens (tertiary/aromatic N) is 2. The number of hydrogen-bond donors (Lipinski definition) is 1. The summed E-state index contributed by atoms with van der Waals surface area (Å²) in [6.07, 6.45) is 4.41. The molecule has 0 radical (unpaired) electrons. The molecule has 18 heavy (non-hydrogen) atoms. The number of hydrogen-bond acceptors (Lipinski definition) is 4. The Kier molecular flexibility index (Phi) is 4.96. The minimum atomic E-state index is 0.685. The van der Waals surface area contributed by atoms with E-state index in [9.17, 15) is 0 Å². The van der Waals surface area contributed by atoms with E-state index in [0.717, 1.165) is 13.1 Å². The quantitative estimate of drug-likeness (QED) is 0.861. The Morgan fingerprint density at radius 1 is 1.39 bits per heavy atom. The van der Waals surface area contributed by atoms with Crippen LogP contribution >= 0.6 is 0 Å². The lowest BCUT2D eigenvalue weighted by atomic mass is 10.0. The maximum absolute atomic E-state index is 5.07. The molecule has 0 amide bonds. The van der Waals surface area contributed by atoms with Crippen LogP contribution in [0, 0.1) is 0 Å². The first kappa shape index (κ1) is 13.3. The van der Waals surface area contributed by atoms with E-state index in [2.05, 4.69) is 28.2 Å². The van der Waals surface area contributed by atoms with Crippen LogP contribution in [0.4, 0.5) is 0 Å². The fourth-order valence-electron chi connectivity index (χ4n) is 2.47. The molecule has 0 aliphatic carbocycles. The molecule has 1 aliphatic rings. The zero-order valence-electron chi connectivity index (χ0n) is 11.4. The SMILES string of the molecule is CCNC1CCN(Cc2ccc(OC)nc2)CC1. The number of likely N-dealkylation sites (tertiary alicyclic amines) is 1. The number of aromatic nitrogens is 1. The van der Waals surface area contributed by atoms with E-state index in [1.807, 2.05) is 12.3 Å². The van der Waals surface area contributed by atoms with Crippen molar-refractivity contribution in [3.63, 3.8) is 0 Å². The van der Waals surface area contributed by atoms with Gasteiger partial charge in [0, 0.05) is 24.8 Å². The van der Waals surface area contributed by atoms with Crippen LogP contribution in [0.3, 0.4) is 0 Å². The van der Waals surface area contributed by atoms with Crippen LogP contribution in [0.15, 0.2) is 18.3 Å². The zero-order chi connectivity index (χ0) is 12.8. The molecular formula is C14H23N3O. The van der Waals surface area contributed by atoms with Crippen molar-refractivity contribution in [2.24, 2.45) is 0 Å². The van der Waals surface area contributed by atoms with Gasteiger partial charge in [0.05, 0.1) is 7.11 Å². The summed E-state index contributed by atoms with van der Waals surface area (Å²) in [4.78, 5) is 6.74. The third-order valence-electron chi connectivity index (χ3n) is 3.49. The van der Waals surface area contributed by atoms with Crippen LogP contribution < -0.4 is 10.1 Å². The topological polar surface area (TPSA) is 37.4 Å². The molecule has 1 fully saturated rings. The second-order valence-corrected chi connectivity index (χ2v) is 4.82. The highest BCUT2D eigenvalue weighted by Crippen LogP contribution is 2.14. The van der Waals surface area contributed by atoms with Gasteiger partial charge in [-0.25, -0.2) is 4.98 Å². The molecule has 1 saturated heterocycles. The first-order chi connectivity index (χ1) is 8.81. The van der Waals surface area contributed by atoms with Gasteiger partial charge in [0.15, 0.2) is 0 Å². The standard InChI is InChI=1S/C14H23N3O/c1-3-15-13-6-8-17(9-7-13)11-12-4-5-14(18-2)16-10-12/h4-5,10,13,15H,3,6-9,11H2,1-2H3. The van der Waals surface area contributed by atoms with E-state index in [0.29, 0.717) is 11.9 Å². The van der Waals surface area contributed by atoms with Crippen molar-refractivity contribution in [1.82, 2.24) is 15.2 Å². The van der Waals surface area contributed by atoms with E-state index in [-0.39, 0.29) is 0 Å². The van der Waals surface area contributed by atoms with Crippen molar-refractivity contribution in [2.45, 2.75) is 32.4 Å². The van der Waals surface area contributed by atoms with E-state index < -0.39 is 0 Å². The lowest BCUT2D eigenvalue weighted by molar-refractivity contribution is 0.191. The average Bonchev–Trinajstić information content (AvgIpc) is 2.42. The smallest absolute Gasteiger partial charge is 0.212 e. The highest BCUT2D eigenvalue weighted by molar-refractivity contribution is 5.17. The number of piperidine rings is 1. The Hall–Kier alpha value is -1.13. The number of ether oxygens (including phenoxy) is 1. The van der Waals surface area contributed by atoms with Crippen molar-refractivity contribution in [3.8, 4) is 5.88 Å². The van der Waals surface area contributed by atoms with Crippen LogP contribution in [-0.2, 0) is 6.54 Å². The molecular weight excluding hydrogens is 226 g/mol. The summed E-state index contributed by atoms with van der Waals surface area (Å²) in [5.41, 5.74) is 1.26. The molecule has 0 saturated carbocycles. The number of rotatable bonds is 5. The van der Waals surface area contributed by atoms with Crippen molar-refractivity contribution in [3.05, 3.63) is 23.9 Å². The molecule has 1 aromatic heterocycles. The molecule has 0 unspecified atom stereocenters. The van der Waals surface area contributed by atoms with Gasteiger partial charge in [0.1, 0.15) is 0 Å². The number of pyridine rings is 1. The van der Waals surface area contributed by atoms with E-state index in [1.54, 1.807) is 7.11 Å². The van der Waals surface area contributed by atoms with Gasteiger partial charge in [-0.1, -0.05) is 13.0 Å². The molecule has 1 aromatic rings. The monoisotopic (exact) mass is 249 g/mol. The fraction of sp³-hybridized carbons (Fsp3) is 0.643. The predicted molar refractivity (Wildman–Crippen MR) is 72.8 cm³/mol. The molecule has 0 bridgehead atoms. The molecule has 100 valence electrons. The van der Waals surface area contributed by atoms with Gasteiger partial charge in [-0.3, -0.25) is 4.90 Å². The van der Waals surface area contributed by atoms with Crippen molar-refractivity contribution in [2.75, 3.05) is 26.7 Å². The summed E-state index contributed by atoms with van der Waals surface area (Å²) in [6.45, 7) is 6.59. The molecule has 4 heteroatoms. The molecule has 0 aromatic carbocycles. The Bertz CT molecular complexity index is 345. The molecule has 0 atom stereocenters. The summed E-state index contributed by atoms with van der Waals surface area (Å²) in [5, 5.41) is 3.53. The molecule has 2 heterocycles. The molecule has 2 rings (SSSR count). The van der Waals surface area contributed by atoms with Crippen molar-refractivity contribution >= 4 is 0 Å². The second kappa shape index (κ2) is 6.71. The summed E-state index contributed by atoms with van der Waals surface area (Å²) >= 11 is 0. The number of nitrogens with one attached hydrogen (secondary N) is 1. The van der Waals surface area contributed by atoms with Crippen LogP contribution in [-0.4, -0.2) is 42.7 Å². The Morgan fingerprint density at radius 2 is 2.17 bits per heavy atom. The van der Waals surface area contributed by atoms with Crippen LogP contribution in [0.5, 0.6) is 5.88 Å². The normalized spacial score (nSPS) is 17.9. The lowest BCUT2D eigenvalue weighted by Gasteiger charge is -2.32. The van der Waals surface area contributed by atoms with Gasteiger partial charge in [0.25, 0.3) is 0 Å². The van der Waals surface area contributed by atoms with Gasteiger partial charge < -0.3 is 10.1 Å². The Balaban J connectivity index is 1.80. The zero-order valence-corrected chi connectivity index (χ0v) is 11.4. The first-order valence-electron chi connectivity index (χ1n) is 6.76. The predicted octanol–water partition coefficient (Wildman–Crippen LogP) is 1.66. The van der Waals surface area contributed by atoms with Crippen LogP contribution in [0.2, 0.25) is 0 Å². The fourth-order valence-corrected chi connectivity index (χ4v) is 2.47. The molecule has 1 aliphatic heterocycles. The molecule has 4 nitrogen and oxygen atoms in total. The van der Waals surface area contributed by atoms with Crippen LogP contribution in [0.1, 0.15) is 25.3 Å². The first-order valence-corrected chi connectivity index (χ1v) is 6.76. The summed E-state index contributed by atoms with van der Waals surface area (Å²) in [5.74, 6) is 0.685. The lowest BCUT2D eigenvalue weighted by Crippen LogP contribution is -2.42. The third-order valence-corrected chi connectivity index (χ3v) is 3.49. The van der Waals surface area contributed by atoms with Gasteiger partial charge in [0.2, 0.25) is 5.88 Å². The largest absolute Gasteiger partial charge is 0.481 e. The maximum Gasteiger partial charge on any atom is 0.212 e. The minimum Gasteiger partial charge on any atom is -0.481 e. The molecule has 0 spiro atoms. The van der Waals surface area contributed by atoms with Crippen molar-refractivity contribution < 1.29 is 4.74 Å². The average molecular weight is 249 g/mol. The van der Waals surface area contributed by atoms with Gasteiger partial charge in [-0.15, -0.1) is 0 Å².